The Hall–Kier alpha value is -1.55. The number of aryl methyl sites for hydroxylation is 3. The van der Waals surface area contributed by atoms with Gasteiger partial charge in [-0.25, -0.2) is 4.98 Å². The minimum atomic E-state index is 0.654. The lowest BCUT2D eigenvalue weighted by atomic mass is 9.91. The van der Waals surface area contributed by atoms with Crippen LogP contribution in [0.15, 0.2) is 12.1 Å². The number of aromatic nitrogens is 2. The number of nitrogens with two attached hydrogens (primary N) is 1. The zero-order chi connectivity index (χ0) is 14.1. The first-order valence-electron chi connectivity index (χ1n) is 7.57. The number of nitrogen functional groups attached to an aromatic ring is 1. The van der Waals surface area contributed by atoms with E-state index in [9.17, 15) is 0 Å². The van der Waals surface area contributed by atoms with Gasteiger partial charge in [-0.1, -0.05) is 0 Å². The molecule has 0 unspecified atom stereocenters. The van der Waals surface area contributed by atoms with Crippen molar-refractivity contribution in [3.63, 3.8) is 0 Å². The van der Waals surface area contributed by atoms with Crippen molar-refractivity contribution in [1.29, 1.82) is 0 Å². The highest BCUT2D eigenvalue weighted by Crippen LogP contribution is 2.28. The molecule has 1 aromatic heterocycles. The van der Waals surface area contributed by atoms with Crippen molar-refractivity contribution in [3.8, 4) is 0 Å². The van der Waals surface area contributed by atoms with Crippen LogP contribution in [0.25, 0.3) is 11.0 Å². The third-order valence-corrected chi connectivity index (χ3v) is 4.23. The molecule has 1 aliphatic rings. The SMILES string of the molecule is CN(C)CCCn1c(N)nc2cc3c(cc21)CCCC3. The van der Waals surface area contributed by atoms with Crippen LogP contribution >= 0.6 is 0 Å². The molecule has 2 aromatic rings. The van der Waals surface area contributed by atoms with E-state index in [0.29, 0.717) is 5.95 Å². The summed E-state index contributed by atoms with van der Waals surface area (Å²) in [5.41, 5.74) is 11.4. The fourth-order valence-electron chi connectivity index (χ4n) is 3.15. The van der Waals surface area contributed by atoms with Gasteiger partial charge in [-0.3, -0.25) is 0 Å². The molecule has 2 N–H and O–H groups in total. The van der Waals surface area contributed by atoms with E-state index in [1.54, 1.807) is 0 Å². The summed E-state index contributed by atoms with van der Waals surface area (Å²) in [5, 5.41) is 0. The maximum absolute atomic E-state index is 6.11. The van der Waals surface area contributed by atoms with Gasteiger partial charge in [0.25, 0.3) is 0 Å². The Morgan fingerprint density at radius 2 is 1.90 bits per heavy atom. The summed E-state index contributed by atoms with van der Waals surface area (Å²) >= 11 is 0. The molecule has 4 heteroatoms. The minimum absolute atomic E-state index is 0.654. The Kier molecular flexibility index (Phi) is 3.66. The monoisotopic (exact) mass is 272 g/mol. The molecule has 0 aliphatic heterocycles. The number of benzene rings is 1. The molecule has 0 atom stereocenters. The molecule has 0 bridgehead atoms. The first-order chi connectivity index (χ1) is 9.65. The molecular formula is C16H24N4. The number of hydrogen-bond donors (Lipinski definition) is 1. The van der Waals surface area contributed by atoms with Gasteiger partial charge in [0, 0.05) is 6.54 Å². The molecule has 3 rings (SSSR count). The van der Waals surface area contributed by atoms with Crippen LogP contribution in [0.3, 0.4) is 0 Å². The number of fused-ring (bicyclic) bond motifs is 2. The number of nitrogens with zero attached hydrogens (tertiary/aromatic N) is 3. The van der Waals surface area contributed by atoms with E-state index in [1.807, 2.05) is 0 Å². The van der Waals surface area contributed by atoms with Crippen molar-refractivity contribution in [2.24, 2.45) is 0 Å². The van der Waals surface area contributed by atoms with Crippen molar-refractivity contribution in [2.75, 3.05) is 26.4 Å². The molecule has 0 fully saturated rings. The topological polar surface area (TPSA) is 47.1 Å². The van der Waals surface area contributed by atoms with Gasteiger partial charge in [-0.15, -0.1) is 0 Å². The molecule has 0 spiro atoms. The first-order valence-corrected chi connectivity index (χ1v) is 7.57. The summed E-state index contributed by atoms with van der Waals surface area (Å²) in [4.78, 5) is 6.75. The molecule has 0 amide bonds. The van der Waals surface area contributed by atoms with Gasteiger partial charge in [0.05, 0.1) is 11.0 Å². The van der Waals surface area contributed by atoms with Crippen LogP contribution in [0.2, 0.25) is 0 Å². The van der Waals surface area contributed by atoms with Gasteiger partial charge in [0.2, 0.25) is 5.95 Å². The van der Waals surface area contributed by atoms with Crippen molar-refractivity contribution < 1.29 is 0 Å². The maximum atomic E-state index is 6.11. The summed E-state index contributed by atoms with van der Waals surface area (Å²) in [6.45, 7) is 2.02. The van der Waals surface area contributed by atoms with E-state index in [2.05, 4.69) is 40.7 Å². The number of hydrogen-bond acceptors (Lipinski definition) is 3. The Labute approximate surface area is 120 Å². The molecule has 1 aromatic carbocycles. The van der Waals surface area contributed by atoms with E-state index in [-0.39, 0.29) is 0 Å². The Balaban J connectivity index is 1.93. The second-order valence-electron chi connectivity index (χ2n) is 6.10. The molecule has 20 heavy (non-hydrogen) atoms. The van der Waals surface area contributed by atoms with Gasteiger partial charge in [-0.05, 0) is 76.0 Å². The minimum Gasteiger partial charge on any atom is -0.369 e. The zero-order valence-corrected chi connectivity index (χ0v) is 12.5. The lowest BCUT2D eigenvalue weighted by Crippen LogP contribution is -2.15. The Morgan fingerprint density at radius 3 is 2.60 bits per heavy atom. The van der Waals surface area contributed by atoms with E-state index >= 15 is 0 Å². The van der Waals surface area contributed by atoms with Crippen molar-refractivity contribution in [2.45, 2.75) is 38.6 Å². The third-order valence-electron chi connectivity index (χ3n) is 4.23. The average Bonchev–Trinajstić information content (AvgIpc) is 2.71. The van der Waals surface area contributed by atoms with Crippen molar-refractivity contribution in [3.05, 3.63) is 23.3 Å². The fourth-order valence-corrected chi connectivity index (χ4v) is 3.15. The second kappa shape index (κ2) is 5.44. The van der Waals surface area contributed by atoms with Gasteiger partial charge in [0.1, 0.15) is 0 Å². The normalized spacial score (nSPS) is 14.9. The highest BCUT2D eigenvalue weighted by atomic mass is 15.2. The lowest BCUT2D eigenvalue weighted by Gasteiger charge is -2.16. The third kappa shape index (κ3) is 2.52. The van der Waals surface area contributed by atoms with Crippen LogP contribution in [0.1, 0.15) is 30.4 Å². The summed E-state index contributed by atoms with van der Waals surface area (Å²) < 4.78 is 2.17. The predicted molar refractivity (Wildman–Crippen MR) is 84.0 cm³/mol. The fraction of sp³-hybridized carbons (Fsp3) is 0.562. The zero-order valence-electron chi connectivity index (χ0n) is 12.5. The van der Waals surface area contributed by atoms with E-state index < -0.39 is 0 Å². The van der Waals surface area contributed by atoms with Crippen LogP contribution in [0.5, 0.6) is 0 Å². The first kappa shape index (κ1) is 13.4. The number of imidazole rings is 1. The average molecular weight is 272 g/mol. The summed E-state index contributed by atoms with van der Waals surface area (Å²) in [5.74, 6) is 0.654. The molecular weight excluding hydrogens is 248 g/mol. The Bertz CT molecular complexity index is 612. The van der Waals surface area contributed by atoms with Gasteiger partial charge in [-0.2, -0.15) is 0 Å². The van der Waals surface area contributed by atoms with Gasteiger partial charge < -0.3 is 15.2 Å². The van der Waals surface area contributed by atoms with Crippen LogP contribution < -0.4 is 5.73 Å². The quantitative estimate of drug-likeness (QED) is 0.930. The van der Waals surface area contributed by atoms with Crippen LogP contribution in [0.4, 0.5) is 5.95 Å². The molecule has 0 radical (unpaired) electrons. The van der Waals surface area contributed by atoms with Crippen LogP contribution in [0, 0.1) is 0 Å². The number of anilines is 1. The molecule has 0 saturated carbocycles. The number of rotatable bonds is 4. The van der Waals surface area contributed by atoms with Gasteiger partial charge >= 0.3 is 0 Å². The second-order valence-corrected chi connectivity index (χ2v) is 6.10. The summed E-state index contributed by atoms with van der Waals surface area (Å²) in [6, 6.07) is 4.57. The standard InChI is InChI=1S/C16H24N4/c1-19(2)8-5-9-20-15-11-13-7-4-3-6-12(13)10-14(15)18-16(20)17/h10-11H,3-9H2,1-2H3,(H2,17,18). The molecule has 4 nitrogen and oxygen atoms in total. The van der Waals surface area contributed by atoms with Crippen LogP contribution in [-0.4, -0.2) is 35.1 Å². The maximum Gasteiger partial charge on any atom is 0.201 e. The highest BCUT2D eigenvalue weighted by molar-refractivity contribution is 5.80. The molecule has 1 aliphatic carbocycles. The molecule has 1 heterocycles. The van der Waals surface area contributed by atoms with E-state index in [1.165, 1.54) is 42.3 Å². The van der Waals surface area contributed by atoms with Gasteiger partial charge in [0.15, 0.2) is 0 Å². The largest absolute Gasteiger partial charge is 0.369 e. The smallest absolute Gasteiger partial charge is 0.201 e. The van der Waals surface area contributed by atoms with Crippen LogP contribution in [-0.2, 0) is 19.4 Å². The molecule has 108 valence electrons. The Morgan fingerprint density at radius 1 is 1.20 bits per heavy atom. The van der Waals surface area contributed by atoms with E-state index in [4.69, 9.17) is 5.73 Å². The summed E-state index contributed by atoms with van der Waals surface area (Å²) in [7, 11) is 4.21. The highest BCUT2D eigenvalue weighted by Gasteiger charge is 2.14. The lowest BCUT2D eigenvalue weighted by molar-refractivity contribution is 0.388. The van der Waals surface area contributed by atoms with Crippen molar-refractivity contribution >= 4 is 17.0 Å². The predicted octanol–water partition coefficient (Wildman–Crippen LogP) is 2.45. The molecule has 0 saturated heterocycles. The van der Waals surface area contributed by atoms with Crippen molar-refractivity contribution in [1.82, 2.24) is 14.5 Å². The van der Waals surface area contributed by atoms with E-state index in [0.717, 1.165) is 25.0 Å². The summed E-state index contributed by atoms with van der Waals surface area (Å²) in [6.07, 6.45) is 6.10.